The molecular formula is C19H18ClN3O5S2. The molecule has 30 heavy (non-hydrogen) atoms. The van der Waals surface area contributed by atoms with Gasteiger partial charge in [0, 0.05) is 25.2 Å². The molecule has 0 aliphatic carbocycles. The zero-order valence-corrected chi connectivity index (χ0v) is 18.3. The van der Waals surface area contributed by atoms with Crippen molar-refractivity contribution in [3.8, 4) is 5.19 Å². The van der Waals surface area contributed by atoms with Crippen LogP contribution in [-0.4, -0.2) is 41.8 Å². The van der Waals surface area contributed by atoms with Gasteiger partial charge in [-0.25, -0.2) is 13.4 Å². The highest BCUT2D eigenvalue weighted by Crippen LogP contribution is 2.34. The van der Waals surface area contributed by atoms with Crippen molar-refractivity contribution in [1.82, 2.24) is 9.29 Å². The first-order valence-corrected chi connectivity index (χ1v) is 11.9. The van der Waals surface area contributed by atoms with Crippen molar-refractivity contribution in [2.24, 2.45) is 0 Å². The molecule has 3 aromatic rings. The fraction of sp³-hybridized carbons (Fsp3) is 0.316. The van der Waals surface area contributed by atoms with Gasteiger partial charge in [0.15, 0.2) is 0 Å². The highest BCUT2D eigenvalue weighted by Gasteiger charge is 2.32. The summed E-state index contributed by atoms with van der Waals surface area (Å²) in [5, 5.41) is 12.1. The summed E-state index contributed by atoms with van der Waals surface area (Å²) in [7, 11) is -3.83. The third-order valence-corrected chi connectivity index (χ3v) is 8.28. The van der Waals surface area contributed by atoms with Crippen LogP contribution in [-0.2, 0) is 10.0 Å². The summed E-state index contributed by atoms with van der Waals surface area (Å²) in [6, 6.07) is 9.43. The maximum absolute atomic E-state index is 13.0. The molecule has 1 aromatic heterocycles. The topological polar surface area (TPSA) is 103 Å². The predicted octanol–water partition coefficient (Wildman–Crippen LogP) is 4.40. The van der Waals surface area contributed by atoms with Gasteiger partial charge in [-0.15, -0.1) is 0 Å². The van der Waals surface area contributed by atoms with E-state index in [1.165, 1.54) is 27.8 Å². The van der Waals surface area contributed by atoms with Gasteiger partial charge < -0.3 is 4.74 Å². The third kappa shape index (κ3) is 4.00. The van der Waals surface area contributed by atoms with Crippen LogP contribution in [0.2, 0.25) is 5.02 Å². The number of fused-ring (bicyclic) bond motifs is 1. The fourth-order valence-corrected chi connectivity index (χ4v) is 6.29. The van der Waals surface area contributed by atoms with Gasteiger partial charge in [-0.3, -0.25) is 10.1 Å². The molecule has 0 amide bonds. The van der Waals surface area contributed by atoms with E-state index in [4.69, 9.17) is 16.3 Å². The number of nitrogens with zero attached hydrogens (tertiary/aromatic N) is 3. The number of nitro groups is 1. The number of piperidine rings is 1. The molecule has 11 heteroatoms. The van der Waals surface area contributed by atoms with Crippen LogP contribution >= 0.6 is 22.9 Å². The highest BCUT2D eigenvalue weighted by molar-refractivity contribution is 7.89. The Bertz CT molecular complexity index is 1220. The van der Waals surface area contributed by atoms with Gasteiger partial charge in [-0.2, -0.15) is 4.31 Å². The van der Waals surface area contributed by atoms with Gasteiger partial charge in [0.1, 0.15) is 11.6 Å². The Labute approximate surface area is 182 Å². The number of hydrogen-bond acceptors (Lipinski definition) is 7. The molecule has 2 heterocycles. The zero-order chi connectivity index (χ0) is 21.5. The normalized spacial score (nSPS) is 16.1. The van der Waals surface area contributed by atoms with Crippen molar-refractivity contribution < 1.29 is 18.1 Å². The minimum atomic E-state index is -3.83. The van der Waals surface area contributed by atoms with Gasteiger partial charge in [0.05, 0.1) is 19.5 Å². The molecule has 1 aliphatic rings. The molecule has 0 atom stereocenters. The smallest absolute Gasteiger partial charge is 0.274 e. The number of aromatic nitrogens is 1. The minimum absolute atomic E-state index is 0.0307. The number of sulfonamides is 1. The summed E-state index contributed by atoms with van der Waals surface area (Å²) in [4.78, 5) is 14.8. The zero-order valence-electron chi connectivity index (χ0n) is 15.9. The molecule has 0 saturated carbocycles. The average molecular weight is 468 g/mol. The van der Waals surface area contributed by atoms with Crippen LogP contribution in [0.25, 0.3) is 10.2 Å². The van der Waals surface area contributed by atoms with Crippen LogP contribution in [0.3, 0.4) is 0 Å². The SMILES string of the molecule is Cc1ccc([N+](=O)[O-])cc1S(=O)(=O)N1CCC(Oc2nc3c(Cl)cccc3s2)CC1. The van der Waals surface area contributed by atoms with Gasteiger partial charge in [0.25, 0.3) is 10.9 Å². The van der Waals surface area contributed by atoms with Gasteiger partial charge in [-0.1, -0.05) is 35.1 Å². The maximum atomic E-state index is 13.0. The van der Waals surface area contributed by atoms with E-state index < -0.39 is 14.9 Å². The second-order valence-corrected chi connectivity index (χ2v) is 10.3. The van der Waals surface area contributed by atoms with E-state index in [1.54, 1.807) is 13.0 Å². The lowest BCUT2D eigenvalue weighted by Crippen LogP contribution is -2.41. The quantitative estimate of drug-likeness (QED) is 0.407. The van der Waals surface area contributed by atoms with Crippen molar-refractivity contribution in [3.63, 3.8) is 0 Å². The lowest BCUT2D eigenvalue weighted by Gasteiger charge is -2.31. The molecule has 1 fully saturated rings. The Morgan fingerprint density at radius 3 is 2.67 bits per heavy atom. The number of hydrogen-bond donors (Lipinski definition) is 0. The molecule has 2 aromatic carbocycles. The molecule has 0 unspecified atom stereocenters. The molecule has 0 radical (unpaired) electrons. The fourth-order valence-electron chi connectivity index (χ4n) is 3.40. The van der Waals surface area contributed by atoms with E-state index in [9.17, 15) is 18.5 Å². The number of ether oxygens (including phenoxy) is 1. The van der Waals surface area contributed by atoms with E-state index in [2.05, 4.69) is 4.98 Å². The summed E-state index contributed by atoms with van der Waals surface area (Å²) in [6.07, 6.45) is 0.829. The first-order valence-electron chi connectivity index (χ1n) is 9.22. The number of halogens is 1. The molecular weight excluding hydrogens is 450 g/mol. The number of para-hydroxylation sites is 1. The van der Waals surface area contributed by atoms with Gasteiger partial charge in [0.2, 0.25) is 10.0 Å². The lowest BCUT2D eigenvalue weighted by atomic mass is 10.1. The van der Waals surface area contributed by atoms with Crippen LogP contribution in [0, 0.1) is 17.0 Å². The largest absolute Gasteiger partial charge is 0.467 e. The van der Waals surface area contributed by atoms with E-state index in [-0.39, 0.29) is 29.8 Å². The van der Waals surface area contributed by atoms with Crippen molar-refractivity contribution in [2.45, 2.75) is 30.8 Å². The molecule has 0 spiro atoms. The standard InChI is InChI=1S/C19H18ClN3O5S2/c1-12-5-6-13(23(24)25)11-17(12)30(26,27)22-9-7-14(8-10-22)28-19-21-18-15(20)3-2-4-16(18)29-19/h2-6,11,14H,7-10H2,1H3. The number of thiazole rings is 1. The number of benzene rings is 2. The number of nitro benzene ring substituents is 1. The van der Waals surface area contributed by atoms with E-state index in [1.807, 2.05) is 12.1 Å². The highest BCUT2D eigenvalue weighted by atomic mass is 35.5. The van der Waals surface area contributed by atoms with Gasteiger partial charge >= 0.3 is 0 Å². The summed E-state index contributed by atoms with van der Waals surface area (Å²) < 4.78 is 34.3. The Hall–Kier alpha value is -2.27. The second-order valence-electron chi connectivity index (χ2n) is 6.99. The Balaban J connectivity index is 1.46. The number of non-ortho nitro benzene ring substituents is 1. The van der Waals surface area contributed by atoms with Crippen LogP contribution < -0.4 is 4.74 Å². The average Bonchev–Trinajstić information content (AvgIpc) is 3.12. The molecule has 1 saturated heterocycles. The number of rotatable bonds is 5. The number of aryl methyl sites for hydroxylation is 1. The van der Waals surface area contributed by atoms with E-state index in [0.29, 0.717) is 34.1 Å². The van der Waals surface area contributed by atoms with Crippen molar-refractivity contribution >= 4 is 48.9 Å². The molecule has 158 valence electrons. The van der Waals surface area contributed by atoms with Gasteiger partial charge in [-0.05, 0) is 37.5 Å². The molecule has 1 aliphatic heterocycles. The van der Waals surface area contributed by atoms with Crippen molar-refractivity contribution in [2.75, 3.05) is 13.1 Å². The Kier molecular flexibility index (Phi) is 5.67. The molecule has 0 bridgehead atoms. The molecule has 8 nitrogen and oxygen atoms in total. The van der Waals surface area contributed by atoms with Crippen LogP contribution in [0.4, 0.5) is 5.69 Å². The Morgan fingerprint density at radius 1 is 1.27 bits per heavy atom. The lowest BCUT2D eigenvalue weighted by molar-refractivity contribution is -0.385. The van der Waals surface area contributed by atoms with Crippen molar-refractivity contribution in [1.29, 1.82) is 0 Å². The summed E-state index contributed by atoms with van der Waals surface area (Å²) >= 11 is 7.56. The predicted molar refractivity (Wildman–Crippen MR) is 115 cm³/mol. The summed E-state index contributed by atoms with van der Waals surface area (Å²) in [5.74, 6) is 0. The third-order valence-electron chi connectivity index (χ3n) is 5.02. The molecule has 4 rings (SSSR count). The van der Waals surface area contributed by atoms with Crippen LogP contribution in [0.15, 0.2) is 41.3 Å². The van der Waals surface area contributed by atoms with Crippen LogP contribution in [0.1, 0.15) is 18.4 Å². The minimum Gasteiger partial charge on any atom is -0.467 e. The maximum Gasteiger partial charge on any atom is 0.274 e. The summed E-state index contributed by atoms with van der Waals surface area (Å²) in [6.45, 7) is 2.16. The summed E-state index contributed by atoms with van der Waals surface area (Å²) in [5.41, 5.74) is 0.928. The first kappa shape index (κ1) is 21.0. The second kappa shape index (κ2) is 8.10. The van der Waals surface area contributed by atoms with Crippen molar-refractivity contribution in [3.05, 3.63) is 57.1 Å². The molecule has 0 N–H and O–H groups in total. The Morgan fingerprint density at radius 2 is 2.00 bits per heavy atom. The van der Waals surface area contributed by atoms with Crippen LogP contribution in [0.5, 0.6) is 5.19 Å². The first-order chi connectivity index (χ1) is 14.3. The van der Waals surface area contributed by atoms with E-state index in [0.717, 1.165) is 10.8 Å². The monoisotopic (exact) mass is 467 g/mol. The van der Waals surface area contributed by atoms with E-state index >= 15 is 0 Å².